The van der Waals surface area contributed by atoms with Crippen LogP contribution in [0.5, 0.6) is 0 Å². The fourth-order valence-corrected chi connectivity index (χ4v) is 5.19. The van der Waals surface area contributed by atoms with Crippen LogP contribution < -0.4 is 9.80 Å². The summed E-state index contributed by atoms with van der Waals surface area (Å²) in [4.78, 5) is 23.1. The molecular weight excluding hydrogens is 552 g/mol. The minimum atomic E-state index is -4.54. The van der Waals surface area contributed by atoms with Crippen LogP contribution in [0.25, 0.3) is 11.4 Å². The third kappa shape index (κ3) is 6.87. The molecule has 8 nitrogen and oxygen atoms in total. The lowest BCUT2D eigenvalue weighted by Crippen LogP contribution is -2.48. The summed E-state index contributed by atoms with van der Waals surface area (Å²) >= 11 is 0. The summed E-state index contributed by atoms with van der Waals surface area (Å²) < 4.78 is 86.8. The van der Waals surface area contributed by atoms with Crippen molar-refractivity contribution in [2.45, 2.75) is 45.0 Å². The Bertz CT molecular complexity index is 1350. The largest absolute Gasteiger partial charge is 0.419 e. The first-order chi connectivity index (χ1) is 19.4. The van der Waals surface area contributed by atoms with Gasteiger partial charge in [0.25, 0.3) is 0 Å². The van der Waals surface area contributed by atoms with Gasteiger partial charge >= 0.3 is 12.4 Å². The van der Waals surface area contributed by atoms with Gasteiger partial charge in [0.15, 0.2) is 5.82 Å². The van der Waals surface area contributed by atoms with Crippen LogP contribution in [0.1, 0.15) is 30.8 Å². The van der Waals surface area contributed by atoms with E-state index in [4.69, 9.17) is 4.74 Å². The Morgan fingerprint density at radius 3 is 2.17 bits per heavy atom. The highest BCUT2D eigenvalue weighted by Gasteiger charge is 2.36. The minimum absolute atomic E-state index is 0.00995. The number of ether oxygens (including phenoxy) is 1. The number of aromatic nitrogens is 4. The molecule has 14 heteroatoms. The molecule has 2 unspecified atom stereocenters. The Labute approximate surface area is 233 Å². The molecule has 2 aliphatic heterocycles. The van der Waals surface area contributed by atoms with Crippen molar-refractivity contribution in [1.29, 1.82) is 0 Å². The number of morpholine rings is 1. The van der Waals surface area contributed by atoms with Gasteiger partial charge in [0.1, 0.15) is 11.6 Å². The third-order valence-corrected chi connectivity index (χ3v) is 6.93. The molecular formula is C27H29F6N7O. The van der Waals surface area contributed by atoms with E-state index in [9.17, 15) is 26.3 Å². The van der Waals surface area contributed by atoms with Crippen molar-refractivity contribution in [3.05, 3.63) is 59.5 Å². The van der Waals surface area contributed by atoms with Gasteiger partial charge in [-0.3, -0.25) is 4.90 Å². The van der Waals surface area contributed by atoms with E-state index in [0.717, 1.165) is 18.2 Å². The van der Waals surface area contributed by atoms with E-state index in [1.807, 2.05) is 13.8 Å². The first-order valence-corrected chi connectivity index (χ1v) is 13.2. The quantitative estimate of drug-likeness (QED) is 0.394. The number of halogens is 6. The number of piperazine rings is 1. The maximum atomic E-state index is 13.6. The second-order valence-corrected chi connectivity index (χ2v) is 10.3. The molecule has 2 aromatic heterocycles. The van der Waals surface area contributed by atoms with Crippen molar-refractivity contribution >= 4 is 11.8 Å². The minimum Gasteiger partial charge on any atom is -0.373 e. The molecule has 220 valence electrons. The zero-order valence-electron chi connectivity index (χ0n) is 22.5. The molecule has 4 heterocycles. The first-order valence-electron chi connectivity index (χ1n) is 13.2. The Balaban J connectivity index is 1.43. The molecule has 0 saturated carbocycles. The van der Waals surface area contributed by atoms with Crippen LogP contribution in [-0.2, 0) is 23.6 Å². The van der Waals surface area contributed by atoms with E-state index in [0.29, 0.717) is 25.5 Å². The summed E-state index contributed by atoms with van der Waals surface area (Å²) in [6.07, 6.45) is -7.78. The van der Waals surface area contributed by atoms with Gasteiger partial charge < -0.3 is 14.5 Å². The average Bonchev–Trinajstić information content (AvgIpc) is 2.91. The third-order valence-electron chi connectivity index (χ3n) is 6.93. The monoisotopic (exact) mass is 581 g/mol. The summed E-state index contributed by atoms with van der Waals surface area (Å²) in [6.45, 7) is 6.53. The Morgan fingerprint density at radius 2 is 1.51 bits per heavy atom. The van der Waals surface area contributed by atoms with E-state index in [-0.39, 0.29) is 61.5 Å². The molecule has 5 rings (SSSR count). The second kappa shape index (κ2) is 11.4. The molecule has 0 spiro atoms. The van der Waals surface area contributed by atoms with Crippen LogP contribution >= 0.6 is 0 Å². The van der Waals surface area contributed by atoms with E-state index in [1.165, 1.54) is 24.4 Å². The number of rotatable bonds is 5. The van der Waals surface area contributed by atoms with Gasteiger partial charge in [-0.1, -0.05) is 12.1 Å². The highest BCUT2D eigenvalue weighted by Crippen LogP contribution is 2.36. The molecule has 41 heavy (non-hydrogen) atoms. The van der Waals surface area contributed by atoms with E-state index < -0.39 is 23.5 Å². The van der Waals surface area contributed by atoms with Gasteiger partial charge in [0, 0.05) is 51.0 Å². The Kier molecular flexibility index (Phi) is 8.06. The fourth-order valence-electron chi connectivity index (χ4n) is 5.19. The summed E-state index contributed by atoms with van der Waals surface area (Å²) in [5.74, 6) is 0.594. The molecule has 1 aromatic carbocycles. The second-order valence-electron chi connectivity index (χ2n) is 10.3. The molecule has 2 atom stereocenters. The molecule has 0 aliphatic carbocycles. The SMILES string of the molecule is CC1CN(Cc2nc(-c3cccc(C(F)(F)F)c3)nc(N3CCN(c4ncccc4C(F)(F)F)CC3)n2)CC(C)O1. The van der Waals surface area contributed by atoms with E-state index in [1.54, 1.807) is 9.80 Å². The standard InChI is InChI=1S/C27H29F6N7O/c1-17-14-38(15-18(2)41-17)16-22-35-23(19-5-3-6-20(13-19)26(28,29)30)37-25(36-22)40-11-9-39(10-12-40)24-21(27(31,32)33)7-4-8-34-24/h3-8,13,17-18H,9-12,14-16H2,1-2H3. The molecule has 0 bridgehead atoms. The van der Waals surface area contributed by atoms with Crippen LogP contribution in [0.4, 0.5) is 38.1 Å². The van der Waals surface area contributed by atoms with Crippen LogP contribution in [0, 0.1) is 0 Å². The van der Waals surface area contributed by atoms with Crippen molar-refractivity contribution in [2.24, 2.45) is 0 Å². The van der Waals surface area contributed by atoms with Gasteiger partial charge in [0.05, 0.1) is 29.9 Å². The van der Waals surface area contributed by atoms with E-state index >= 15 is 0 Å². The smallest absolute Gasteiger partial charge is 0.373 e. The number of hydrogen-bond donors (Lipinski definition) is 0. The summed E-state index contributed by atoms with van der Waals surface area (Å²) in [5.41, 5.74) is -1.44. The lowest BCUT2D eigenvalue weighted by Gasteiger charge is -2.37. The van der Waals surface area contributed by atoms with E-state index in [2.05, 4.69) is 24.8 Å². The summed E-state index contributed by atoms with van der Waals surface area (Å²) in [6, 6.07) is 7.04. The van der Waals surface area contributed by atoms with Crippen LogP contribution in [0.2, 0.25) is 0 Å². The number of alkyl halides is 6. The predicted molar refractivity (Wildman–Crippen MR) is 139 cm³/mol. The van der Waals surface area contributed by atoms with Gasteiger partial charge in [-0.25, -0.2) is 9.97 Å². The zero-order valence-corrected chi connectivity index (χ0v) is 22.5. The number of pyridine rings is 1. The topological polar surface area (TPSA) is 70.5 Å². The Hall–Kier alpha value is -3.52. The van der Waals surface area contributed by atoms with Gasteiger partial charge in [-0.2, -0.15) is 36.3 Å². The van der Waals surface area contributed by atoms with Gasteiger partial charge in [0.2, 0.25) is 5.95 Å². The predicted octanol–water partition coefficient (Wildman–Crippen LogP) is 4.91. The maximum absolute atomic E-state index is 13.6. The van der Waals surface area contributed by atoms with Gasteiger partial charge in [-0.05, 0) is 38.1 Å². The number of nitrogens with zero attached hydrogens (tertiary/aromatic N) is 7. The average molecular weight is 582 g/mol. The lowest BCUT2D eigenvalue weighted by molar-refractivity contribution is -0.138. The van der Waals surface area contributed by atoms with Crippen molar-refractivity contribution in [1.82, 2.24) is 24.8 Å². The fraction of sp³-hybridized carbons (Fsp3) is 0.481. The molecule has 0 radical (unpaired) electrons. The van der Waals surface area contributed by atoms with Crippen molar-refractivity contribution in [2.75, 3.05) is 49.1 Å². The zero-order chi connectivity index (χ0) is 29.4. The normalized spacial score (nSPS) is 20.9. The van der Waals surface area contributed by atoms with Gasteiger partial charge in [-0.15, -0.1) is 0 Å². The lowest BCUT2D eigenvalue weighted by atomic mass is 10.1. The van der Waals surface area contributed by atoms with Crippen molar-refractivity contribution in [3.8, 4) is 11.4 Å². The molecule has 3 aromatic rings. The Morgan fingerprint density at radius 1 is 0.829 bits per heavy atom. The van der Waals surface area contributed by atoms with Crippen molar-refractivity contribution < 1.29 is 31.1 Å². The highest BCUT2D eigenvalue weighted by molar-refractivity contribution is 5.58. The van der Waals surface area contributed by atoms with Crippen molar-refractivity contribution in [3.63, 3.8) is 0 Å². The van der Waals surface area contributed by atoms with Crippen LogP contribution in [0.3, 0.4) is 0 Å². The maximum Gasteiger partial charge on any atom is 0.419 e. The molecule has 0 amide bonds. The molecule has 0 N–H and O–H groups in total. The van der Waals surface area contributed by atoms with Crippen LogP contribution in [0.15, 0.2) is 42.6 Å². The number of hydrogen-bond acceptors (Lipinski definition) is 8. The highest BCUT2D eigenvalue weighted by atomic mass is 19.4. The summed E-state index contributed by atoms with van der Waals surface area (Å²) in [5, 5.41) is 0. The number of anilines is 2. The molecule has 2 saturated heterocycles. The molecule has 2 fully saturated rings. The first kappa shape index (κ1) is 29.0. The number of benzene rings is 1. The summed E-state index contributed by atoms with van der Waals surface area (Å²) in [7, 11) is 0. The molecule has 2 aliphatic rings. The van der Waals surface area contributed by atoms with Crippen LogP contribution in [-0.4, -0.2) is 76.3 Å².